The fraction of sp³-hybridized carbons (Fsp3) is 0.481. The summed E-state index contributed by atoms with van der Waals surface area (Å²) in [6.45, 7) is 1.95. The van der Waals surface area contributed by atoms with E-state index in [1.54, 1.807) is 24.4 Å². The van der Waals surface area contributed by atoms with Crippen LogP contribution in [0, 0.1) is 29.6 Å². The lowest BCUT2D eigenvalue weighted by Crippen LogP contribution is -2.45. The van der Waals surface area contributed by atoms with Crippen molar-refractivity contribution in [3.05, 3.63) is 59.9 Å². The highest BCUT2D eigenvalue weighted by molar-refractivity contribution is 5.75. The number of rotatable bonds is 3. The van der Waals surface area contributed by atoms with E-state index in [1.807, 2.05) is 13.0 Å². The molecule has 1 saturated heterocycles. The first-order chi connectivity index (χ1) is 16.2. The van der Waals surface area contributed by atoms with Crippen LogP contribution in [0.3, 0.4) is 0 Å². The Morgan fingerprint density at radius 1 is 1.12 bits per heavy atom. The van der Waals surface area contributed by atoms with Crippen molar-refractivity contribution in [2.24, 2.45) is 29.6 Å². The van der Waals surface area contributed by atoms with Gasteiger partial charge in [0.1, 0.15) is 6.10 Å². The highest BCUT2D eigenvalue weighted by atomic mass is 19.4. The van der Waals surface area contributed by atoms with Crippen LogP contribution in [-0.4, -0.2) is 28.3 Å². The topological polar surface area (TPSA) is 59.4 Å². The minimum Gasteiger partial charge on any atom is -0.462 e. The van der Waals surface area contributed by atoms with Gasteiger partial charge in [-0.05, 0) is 80.2 Å². The highest BCUT2D eigenvalue weighted by Gasteiger charge is 2.54. The van der Waals surface area contributed by atoms with Crippen molar-refractivity contribution in [3.8, 4) is 11.1 Å². The molecule has 7 heteroatoms. The fourth-order valence-electron chi connectivity index (χ4n) is 6.32. The Kier molecular flexibility index (Phi) is 6.00. The van der Waals surface area contributed by atoms with E-state index in [0.29, 0.717) is 28.7 Å². The zero-order chi connectivity index (χ0) is 24.0. The summed E-state index contributed by atoms with van der Waals surface area (Å²) in [5, 5.41) is 10.3. The number of ether oxygens (including phenoxy) is 1. The Balaban J connectivity index is 1.38. The van der Waals surface area contributed by atoms with Crippen LogP contribution in [0.15, 0.2) is 48.7 Å². The first-order valence-electron chi connectivity index (χ1n) is 11.9. The molecule has 3 aliphatic rings. The summed E-state index contributed by atoms with van der Waals surface area (Å²) in [5.74, 6) is 0.669. The third kappa shape index (κ3) is 4.38. The Morgan fingerprint density at radius 2 is 1.94 bits per heavy atom. The van der Waals surface area contributed by atoms with Gasteiger partial charge in [0.25, 0.3) is 0 Å². The third-order valence-electron chi connectivity index (χ3n) is 7.93. The van der Waals surface area contributed by atoms with Crippen LogP contribution in [0.5, 0.6) is 0 Å². The predicted octanol–water partition coefficient (Wildman–Crippen LogP) is 5.76. The minimum absolute atomic E-state index is 0.0830. The molecule has 3 fully saturated rings. The molecule has 7 atom stereocenters. The van der Waals surface area contributed by atoms with E-state index >= 15 is 0 Å². The molecule has 2 aliphatic carbocycles. The molecule has 2 heterocycles. The number of aromatic nitrogens is 1. The Hall–Kier alpha value is -2.67. The summed E-state index contributed by atoms with van der Waals surface area (Å²) < 4.78 is 44.7. The SMILES string of the molecule is C[C@H]1OC(=O)C2CC3CCC(O)CC3[C@H](/C=C/c3ccc(-c4cccc(C(F)(F)F)c4)cn3)C21. The van der Waals surface area contributed by atoms with Gasteiger partial charge in [-0.2, -0.15) is 13.2 Å². The number of cyclic esters (lactones) is 1. The second-order valence-corrected chi connectivity index (χ2v) is 9.94. The average molecular weight is 472 g/mol. The zero-order valence-electron chi connectivity index (χ0n) is 18.9. The number of aliphatic hydroxyl groups excluding tert-OH is 1. The van der Waals surface area contributed by atoms with Gasteiger partial charge in [-0.3, -0.25) is 9.78 Å². The van der Waals surface area contributed by atoms with E-state index < -0.39 is 11.7 Å². The second-order valence-electron chi connectivity index (χ2n) is 9.94. The van der Waals surface area contributed by atoms with Crippen LogP contribution in [0.1, 0.15) is 43.9 Å². The summed E-state index contributed by atoms with van der Waals surface area (Å²) in [7, 11) is 0. The lowest BCUT2D eigenvalue weighted by molar-refractivity contribution is -0.144. The number of pyridine rings is 1. The number of halogens is 3. The van der Waals surface area contributed by atoms with Crippen LogP contribution in [-0.2, 0) is 15.7 Å². The summed E-state index contributed by atoms with van der Waals surface area (Å²) in [5.41, 5.74) is 1.08. The van der Waals surface area contributed by atoms with Crippen molar-refractivity contribution >= 4 is 12.0 Å². The van der Waals surface area contributed by atoms with Gasteiger partial charge in [-0.15, -0.1) is 0 Å². The van der Waals surface area contributed by atoms with Crippen LogP contribution >= 0.6 is 0 Å². The number of fused-ring (bicyclic) bond motifs is 2. The number of benzene rings is 1. The fourth-order valence-corrected chi connectivity index (χ4v) is 6.32. The van der Waals surface area contributed by atoms with E-state index in [2.05, 4.69) is 11.1 Å². The van der Waals surface area contributed by atoms with Crippen molar-refractivity contribution in [1.29, 1.82) is 0 Å². The largest absolute Gasteiger partial charge is 0.462 e. The number of carbonyl (C=O) groups excluding carboxylic acids is 1. The molecular formula is C27H28F3NO3. The van der Waals surface area contributed by atoms with E-state index in [-0.39, 0.29) is 35.9 Å². The molecule has 0 radical (unpaired) electrons. The maximum absolute atomic E-state index is 13.0. The first kappa shape index (κ1) is 23.1. The van der Waals surface area contributed by atoms with Crippen LogP contribution in [0.25, 0.3) is 17.2 Å². The molecule has 5 unspecified atom stereocenters. The molecule has 1 N–H and O–H groups in total. The maximum atomic E-state index is 13.0. The van der Waals surface area contributed by atoms with Gasteiger partial charge in [0.05, 0.1) is 23.3 Å². The van der Waals surface area contributed by atoms with Crippen molar-refractivity contribution in [3.63, 3.8) is 0 Å². The van der Waals surface area contributed by atoms with Gasteiger partial charge in [-0.1, -0.05) is 24.3 Å². The monoisotopic (exact) mass is 471 g/mol. The van der Waals surface area contributed by atoms with E-state index in [1.165, 1.54) is 6.07 Å². The molecule has 2 aromatic rings. The van der Waals surface area contributed by atoms with Crippen molar-refractivity contribution in [2.75, 3.05) is 0 Å². The molecule has 180 valence electrons. The second kappa shape index (κ2) is 8.84. The van der Waals surface area contributed by atoms with Gasteiger partial charge >= 0.3 is 12.1 Å². The van der Waals surface area contributed by atoms with Gasteiger partial charge < -0.3 is 9.84 Å². The molecule has 1 aromatic heterocycles. The number of carbonyl (C=O) groups is 1. The molecule has 4 nitrogen and oxygen atoms in total. The van der Waals surface area contributed by atoms with Crippen LogP contribution in [0.2, 0.25) is 0 Å². The molecule has 2 saturated carbocycles. The number of hydrogen-bond acceptors (Lipinski definition) is 4. The molecular weight excluding hydrogens is 443 g/mol. The summed E-state index contributed by atoms with van der Waals surface area (Å²) >= 11 is 0. The molecule has 1 aliphatic heterocycles. The molecule has 0 amide bonds. The lowest BCUT2D eigenvalue weighted by Gasteiger charge is -2.46. The quantitative estimate of drug-likeness (QED) is 0.579. The van der Waals surface area contributed by atoms with Gasteiger partial charge in [-0.25, -0.2) is 0 Å². The van der Waals surface area contributed by atoms with Crippen LogP contribution in [0.4, 0.5) is 13.2 Å². The summed E-state index contributed by atoms with van der Waals surface area (Å²) in [6, 6.07) is 8.77. The number of alkyl halides is 3. The number of aliphatic hydroxyl groups is 1. The Morgan fingerprint density at radius 3 is 2.68 bits per heavy atom. The average Bonchev–Trinajstić information content (AvgIpc) is 3.10. The molecule has 5 rings (SSSR count). The number of allylic oxidation sites excluding steroid dienone is 1. The Bertz CT molecular complexity index is 1080. The molecule has 0 spiro atoms. The lowest BCUT2D eigenvalue weighted by atomic mass is 9.57. The van der Waals surface area contributed by atoms with Crippen molar-refractivity contribution in [2.45, 2.75) is 51.0 Å². The van der Waals surface area contributed by atoms with Gasteiger partial charge in [0.2, 0.25) is 0 Å². The zero-order valence-corrected chi connectivity index (χ0v) is 18.9. The third-order valence-corrected chi connectivity index (χ3v) is 7.93. The van der Waals surface area contributed by atoms with E-state index in [9.17, 15) is 23.1 Å². The van der Waals surface area contributed by atoms with E-state index in [0.717, 1.165) is 37.8 Å². The van der Waals surface area contributed by atoms with Gasteiger partial charge in [0, 0.05) is 17.7 Å². The van der Waals surface area contributed by atoms with E-state index in [4.69, 9.17) is 4.74 Å². The smallest absolute Gasteiger partial charge is 0.416 e. The standard InChI is InChI=1S/C27H28F3NO3/c1-15-25-22(23-13-21(32)9-6-17(23)12-24(25)26(33)34-15)10-8-20-7-5-18(14-31-20)16-3-2-4-19(11-16)27(28,29)30/h2-5,7-8,10-11,14-15,17,21-25,32H,6,9,12-13H2,1H3/b10-8+/t15-,17?,21?,22+,23?,24?,25?/m1/s1. The number of esters is 1. The highest BCUT2D eigenvalue weighted by Crippen LogP contribution is 2.53. The maximum Gasteiger partial charge on any atom is 0.416 e. The number of nitrogens with zero attached hydrogens (tertiary/aromatic N) is 1. The van der Waals surface area contributed by atoms with Crippen molar-refractivity contribution in [1.82, 2.24) is 4.98 Å². The summed E-state index contributed by atoms with van der Waals surface area (Å²) in [4.78, 5) is 16.9. The Labute approximate surface area is 196 Å². The van der Waals surface area contributed by atoms with Crippen LogP contribution < -0.4 is 0 Å². The normalized spacial score (nSPS) is 33.4. The molecule has 1 aromatic carbocycles. The first-order valence-corrected chi connectivity index (χ1v) is 11.9. The van der Waals surface area contributed by atoms with Gasteiger partial charge in [0.15, 0.2) is 0 Å². The summed E-state index contributed by atoms with van der Waals surface area (Å²) in [6.07, 6.45) is 4.01. The molecule has 0 bridgehead atoms. The molecule has 34 heavy (non-hydrogen) atoms. The number of hydrogen-bond donors (Lipinski definition) is 1. The predicted molar refractivity (Wildman–Crippen MR) is 121 cm³/mol. The van der Waals surface area contributed by atoms with Crippen molar-refractivity contribution < 1.29 is 27.8 Å². The minimum atomic E-state index is -4.39.